The van der Waals surface area contributed by atoms with Gasteiger partial charge in [-0.05, 0) is 24.6 Å². The highest BCUT2D eigenvalue weighted by Gasteiger charge is 2.21. The zero-order valence-electron chi connectivity index (χ0n) is 14.5. The first-order chi connectivity index (χ1) is 11.9. The molecule has 0 aliphatic rings. The molecule has 0 amide bonds. The van der Waals surface area contributed by atoms with Crippen molar-refractivity contribution < 1.29 is 9.67 Å². The first kappa shape index (κ1) is 17.0. The number of fused-ring (bicyclic) bond motifs is 1. The lowest BCUT2D eigenvalue weighted by Gasteiger charge is -2.12. The Morgan fingerprint density at radius 2 is 2.04 bits per heavy atom. The summed E-state index contributed by atoms with van der Waals surface area (Å²) in [7, 11) is 3.04. The fourth-order valence-corrected chi connectivity index (χ4v) is 2.88. The molecule has 8 nitrogen and oxygen atoms in total. The first-order valence-corrected chi connectivity index (χ1v) is 8.03. The summed E-state index contributed by atoms with van der Waals surface area (Å²) in [5.41, 5.74) is 2.08. The lowest BCUT2D eigenvalue weighted by atomic mass is 10.2. The normalized spacial score (nSPS) is 12.5. The van der Waals surface area contributed by atoms with Gasteiger partial charge in [0, 0.05) is 26.3 Å². The van der Waals surface area contributed by atoms with E-state index in [9.17, 15) is 14.7 Å². The van der Waals surface area contributed by atoms with Gasteiger partial charge in [-0.2, -0.15) is 0 Å². The third kappa shape index (κ3) is 3.20. The van der Waals surface area contributed by atoms with Crippen LogP contribution >= 0.6 is 0 Å². The number of nitrogens with one attached hydrogen (secondary N) is 2. The highest BCUT2D eigenvalue weighted by Crippen LogP contribution is 2.09. The van der Waals surface area contributed by atoms with Gasteiger partial charge in [0.1, 0.15) is 12.6 Å². The molecule has 0 spiro atoms. The lowest BCUT2D eigenvalue weighted by Crippen LogP contribution is -2.47. The predicted molar refractivity (Wildman–Crippen MR) is 94.7 cm³/mol. The number of aliphatic hydroxyl groups excluding tert-OH is 1. The van der Waals surface area contributed by atoms with Gasteiger partial charge in [0.15, 0.2) is 0 Å². The number of hydrogen-bond donors (Lipinski definition) is 3. The van der Waals surface area contributed by atoms with Crippen molar-refractivity contribution in [2.24, 2.45) is 14.1 Å². The standard InChI is InChI=1S/C17H21N5O3/c1-11-5-4-6-12(7-11)18-8-13(23)9-22-10-19-15-14(22)16(24)21(3)17(25)20(15)2/h4-7,10,13,18,23H,8-9H2,1-3H3/p+1. The minimum atomic E-state index is -0.702. The van der Waals surface area contributed by atoms with E-state index in [0.717, 1.165) is 15.8 Å². The number of nitrogens with zero attached hydrogens (tertiary/aromatic N) is 3. The predicted octanol–water partition coefficient (Wildman–Crippen LogP) is -0.366. The van der Waals surface area contributed by atoms with Crippen LogP contribution in [0.25, 0.3) is 11.2 Å². The minimum absolute atomic E-state index is 0.228. The molecule has 0 saturated heterocycles. The van der Waals surface area contributed by atoms with E-state index in [0.29, 0.717) is 17.7 Å². The van der Waals surface area contributed by atoms with Crippen LogP contribution in [0.3, 0.4) is 0 Å². The maximum atomic E-state index is 12.4. The molecule has 2 aromatic heterocycles. The van der Waals surface area contributed by atoms with Gasteiger partial charge in [0.25, 0.3) is 11.2 Å². The lowest BCUT2D eigenvalue weighted by molar-refractivity contribution is -0.678. The van der Waals surface area contributed by atoms with E-state index in [-0.39, 0.29) is 6.54 Å². The average molecular weight is 344 g/mol. The van der Waals surface area contributed by atoms with Crippen molar-refractivity contribution in [2.75, 3.05) is 11.9 Å². The Morgan fingerprint density at radius 1 is 1.28 bits per heavy atom. The summed E-state index contributed by atoms with van der Waals surface area (Å²) in [4.78, 5) is 27.3. The van der Waals surface area contributed by atoms with Gasteiger partial charge >= 0.3 is 11.2 Å². The van der Waals surface area contributed by atoms with E-state index in [1.165, 1.54) is 11.6 Å². The molecular formula is C17H22N5O3+. The maximum Gasteiger partial charge on any atom is 0.333 e. The highest BCUT2D eigenvalue weighted by molar-refractivity contribution is 5.64. The zero-order valence-corrected chi connectivity index (χ0v) is 14.5. The average Bonchev–Trinajstić information content (AvgIpc) is 3.00. The number of aliphatic hydroxyl groups is 1. The second kappa shape index (κ2) is 6.56. The molecule has 132 valence electrons. The summed E-state index contributed by atoms with van der Waals surface area (Å²) in [5, 5.41) is 13.5. The van der Waals surface area contributed by atoms with Crippen LogP contribution in [-0.4, -0.2) is 31.9 Å². The number of hydrogen-bond acceptors (Lipinski definition) is 4. The van der Waals surface area contributed by atoms with E-state index in [1.807, 2.05) is 31.2 Å². The molecule has 1 aromatic carbocycles. The smallest absolute Gasteiger partial charge is 0.333 e. The van der Waals surface area contributed by atoms with Crippen molar-refractivity contribution in [2.45, 2.75) is 19.6 Å². The summed E-state index contributed by atoms with van der Waals surface area (Å²) in [6.45, 7) is 2.57. The van der Waals surface area contributed by atoms with Crippen LogP contribution in [0.2, 0.25) is 0 Å². The quantitative estimate of drug-likeness (QED) is 0.551. The van der Waals surface area contributed by atoms with Crippen LogP contribution in [0.4, 0.5) is 5.69 Å². The molecule has 0 bridgehead atoms. The zero-order chi connectivity index (χ0) is 18.1. The van der Waals surface area contributed by atoms with Crippen molar-refractivity contribution in [3.05, 3.63) is 57.0 Å². The summed E-state index contributed by atoms with van der Waals surface area (Å²) in [6, 6.07) is 7.88. The molecule has 0 aliphatic carbocycles. The van der Waals surface area contributed by atoms with Crippen molar-refractivity contribution in [1.82, 2.24) is 14.1 Å². The third-order valence-corrected chi connectivity index (χ3v) is 4.25. The number of anilines is 1. The van der Waals surface area contributed by atoms with Crippen LogP contribution in [0, 0.1) is 6.92 Å². The number of aromatic nitrogens is 4. The molecule has 1 atom stereocenters. The Labute approximate surface area is 144 Å². The Bertz CT molecular complexity index is 1030. The molecule has 0 saturated carbocycles. The Balaban J connectivity index is 1.81. The first-order valence-electron chi connectivity index (χ1n) is 8.03. The maximum absolute atomic E-state index is 12.4. The number of imidazole rings is 1. The molecule has 3 N–H and O–H groups in total. The fraction of sp³-hybridized carbons (Fsp3) is 0.353. The van der Waals surface area contributed by atoms with Gasteiger partial charge in [-0.1, -0.05) is 12.1 Å². The molecule has 8 heteroatoms. The minimum Gasteiger partial charge on any atom is -0.387 e. The molecule has 2 heterocycles. The second-order valence-corrected chi connectivity index (χ2v) is 6.23. The molecule has 0 fully saturated rings. The van der Waals surface area contributed by atoms with E-state index >= 15 is 0 Å². The van der Waals surface area contributed by atoms with Crippen LogP contribution < -0.4 is 21.1 Å². The van der Waals surface area contributed by atoms with Crippen molar-refractivity contribution in [3.63, 3.8) is 0 Å². The van der Waals surface area contributed by atoms with Crippen molar-refractivity contribution in [3.8, 4) is 0 Å². The Kier molecular flexibility index (Phi) is 4.45. The van der Waals surface area contributed by atoms with E-state index in [4.69, 9.17) is 0 Å². The summed E-state index contributed by atoms with van der Waals surface area (Å²) < 4.78 is 4.08. The SMILES string of the molecule is Cc1cccc(NCC(O)C[n+]2c[nH]c3c2c(=O)n(C)c(=O)n3C)c1. The monoisotopic (exact) mass is 344 g/mol. The summed E-state index contributed by atoms with van der Waals surface area (Å²) >= 11 is 0. The van der Waals surface area contributed by atoms with Crippen molar-refractivity contribution in [1.29, 1.82) is 0 Å². The second-order valence-electron chi connectivity index (χ2n) is 6.23. The van der Waals surface area contributed by atoms with Gasteiger partial charge in [-0.25, -0.2) is 14.3 Å². The highest BCUT2D eigenvalue weighted by atomic mass is 16.3. The number of aromatic amines is 1. The van der Waals surface area contributed by atoms with E-state index in [2.05, 4.69) is 10.3 Å². The topological polar surface area (TPSA) is 95.9 Å². The van der Waals surface area contributed by atoms with Gasteiger partial charge in [0.05, 0.1) is 0 Å². The molecule has 0 aliphatic heterocycles. The Morgan fingerprint density at radius 3 is 2.76 bits per heavy atom. The van der Waals surface area contributed by atoms with E-state index in [1.54, 1.807) is 17.9 Å². The number of benzene rings is 1. The number of H-pyrrole nitrogens is 1. The number of rotatable bonds is 5. The molecular weight excluding hydrogens is 322 g/mol. The molecule has 0 radical (unpaired) electrons. The largest absolute Gasteiger partial charge is 0.387 e. The van der Waals surface area contributed by atoms with Crippen molar-refractivity contribution >= 4 is 16.9 Å². The summed E-state index contributed by atoms with van der Waals surface area (Å²) in [6.07, 6.45) is 0.896. The van der Waals surface area contributed by atoms with Crippen LogP contribution in [0.15, 0.2) is 40.2 Å². The third-order valence-electron chi connectivity index (χ3n) is 4.25. The van der Waals surface area contributed by atoms with Gasteiger partial charge in [-0.15, -0.1) is 0 Å². The van der Waals surface area contributed by atoms with E-state index < -0.39 is 17.4 Å². The Hall–Kier alpha value is -2.87. The van der Waals surface area contributed by atoms with Gasteiger partial charge in [0.2, 0.25) is 6.33 Å². The van der Waals surface area contributed by atoms with Crippen LogP contribution in [0.1, 0.15) is 5.56 Å². The molecule has 1 unspecified atom stereocenters. The molecule has 25 heavy (non-hydrogen) atoms. The summed E-state index contributed by atoms with van der Waals surface area (Å²) in [5.74, 6) is 0. The van der Waals surface area contributed by atoms with Gasteiger partial charge < -0.3 is 10.4 Å². The van der Waals surface area contributed by atoms with Crippen LogP contribution in [-0.2, 0) is 20.6 Å². The number of aryl methyl sites for hydroxylation is 2. The fourth-order valence-electron chi connectivity index (χ4n) is 2.88. The van der Waals surface area contributed by atoms with Crippen LogP contribution in [0.5, 0.6) is 0 Å². The molecule has 3 aromatic rings. The molecule has 3 rings (SSSR count). The van der Waals surface area contributed by atoms with Gasteiger partial charge in [-0.3, -0.25) is 13.9 Å².